The van der Waals surface area contributed by atoms with E-state index < -0.39 is 12.1 Å². The van der Waals surface area contributed by atoms with E-state index in [1.807, 2.05) is 32.0 Å². The van der Waals surface area contributed by atoms with Crippen molar-refractivity contribution in [2.45, 2.75) is 19.9 Å². The second kappa shape index (κ2) is 4.68. The molecule has 5 nitrogen and oxygen atoms in total. The summed E-state index contributed by atoms with van der Waals surface area (Å²) in [6.07, 6.45) is -0.461. The van der Waals surface area contributed by atoms with E-state index in [0.717, 1.165) is 16.8 Å². The number of aryl methyl sites for hydroxylation is 2. The lowest BCUT2D eigenvalue weighted by molar-refractivity contribution is -0.119. The van der Waals surface area contributed by atoms with Gasteiger partial charge in [-0.15, -0.1) is 0 Å². The molecule has 0 radical (unpaired) electrons. The predicted molar refractivity (Wildman–Crippen MR) is 67.4 cm³/mol. The monoisotopic (exact) mass is 248 g/mol. The molecule has 0 aliphatic carbocycles. The molecule has 1 heterocycles. The van der Waals surface area contributed by atoms with Crippen molar-refractivity contribution in [3.05, 3.63) is 29.3 Å². The predicted octanol–water partition coefficient (Wildman–Crippen LogP) is 1.69. The van der Waals surface area contributed by atoms with E-state index in [4.69, 9.17) is 4.74 Å². The Balaban J connectivity index is 2.15. The molecule has 0 aromatic heterocycles. The quantitative estimate of drug-likeness (QED) is 0.866. The van der Waals surface area contributed by atoms with Gasteiger partial charge in [-0.05, 0) is 25.0 Å². The number of rotatable bonds is 2. The third-order valence-electron chi connectivity index (χ3n) is 3.15. The number of para-hydroxylation sites is 1. The van der Waals surface area contributed by atoms with E-state index in [2.05, 4.69) is 5.32 Å². The van der Waals surface area contributed by atoms with Gasteiger partial charge < -0.3 is 10.1 Å². The molecule has 1 saturated heterocycles. The summed E-state index contributed by atoms with van der Waals surface area (Å²) in [5.41, 5.74) is 2.79. The molecule has 2 rings (SSSR count). The Morgan fingerprint density at radius 1 is 1.39 bits per heavy atom. The van der Waals surface area contributed by atoms with Gasteiger partial charge in [0.2, 0.25) is 0 Å². The van der Waals surface area contributed by atoms with Crippen molar-refractivity contribution in [3.63, 3.8) is 0 Å². The normalized spacial score (nSPS) is 18.7. The molecule has 1 aliphatic rings. The molecular formula is C13H16N2O3. The first-order valence-electron chi connectivity index (χ1n) is 5.77. The van der Waals surface area contributed by atoms with Crippen molar-refractivity contribution in [1.82, 2.24) is 4.90 Å². The Labute approximate surface area is 106 Å². The van der Waals surface area contributed by atoms with Gasteiger partial charge in [-0.1, -0.05) is 18.2 Å². The number of hydrogen-bond acceptors (Lipinski definition) is 3. The minimum Gasteiger partial charge on any atom is -0.447 e. The summed E-state index contributed by atoms with van der Waals surface area (Å²) in [5.74, 6) is -0.222. The van der Waals surface area contributed by atoms with Crippen LogP contribution in [-0.4, -0.2) is 36.6 Å². The van der Waals surface area contributed by atoms with Crippen LogP contribution in [0.1, 0.15) is 11.1 Å². The number of benzene rings is 1. The summed E-state index contributed by atoms with van der Waals surface area (Å²) in [4.78, 5) is 24.6. The highest BCUT2D eigenvalue weighted by Crippen LogP contribution is 2.21. The third kappa shape index (κ3) is 2.16. The van der Waals surface area contributed by atoms with Crippen molar-refractivity contribution >= 4 is 17.7 Å². The molecule has 0 bridgehead atoms. The average molecular weight is 248 g/mol. The Hall–Kier alpha value is -2.04. The zero-order valence-corrected chi connectivity index (χ0v) is 10.7. The number of anilines is 1. The molecule has 1 aliphatic heterocycles. The van der Waals surface area contributed by atoms with E-state index in [1.54, 1.807) is 7.05 Å². The number of likely N-dealkylation sites (N-methyl/N-ethyl adjacent to an activating group) is 1. The largest absolute Gasteiger partial charge is 0.447 e. The highest BCUT2D eigenvalue weighted by Gasteiger charge is 2.35. The van der Waals surface area contributed by atoms with Crippen LogP contribution in [-0.2, 0) is 9.53 Å². The maximum absolute atomic E-state index is 12.1. The van der Waals surface area contributed by atoms with E-state index in [0.29, 0.717) is 0 Å². The van der Waals surface area contributed by atoms with E-state index in [9.17, 15) is 9.59 Å². The van der Waals surface area contributed by atoms with Crippen LogP contribution in [0.5, 0.6) is 0 Å². The zero-order valence-electron chi connectivity index (χ0n) is 10.7. The van der Waals surface area contributed by atoms with Gasteiger partial charge >= 0.3 is 6.09 Å². The number of nitrogens with one attached hydrogen (secondary N) is 1. The van der Waals surface area contributed by atoms with Gasteiger partial charge in [0.05, 0.1) is 0 Å². The molecule has 0 spiro atoms. The minimum absolute atomic E-state index is 0.103. The van der Waals surface area contributed by atoms with Crippen molar-refractivity contribution in [1.29, 1.82) is 0 Å². The fourth-order valence-electron chi connectivity index (χ4n) is 1.96. The van der Waals surface area contributed by atoms with Gasteiger partial charge in [0.25, 0.3) is 5.91 Å². The van der Waals surface area contributed by atoms with E-state index in [-0.39, 0.29) is 12.5 Å². The summed E-state index contributed by atoms with van der Waals surface area (Å²) in [7, 11) is 1.56. The third-order valence-corrected chi connectivity index (χ3v) is 3.15. The van der Waals surface area contributed by atoms with Crippen LogP contribution in [0, 0.1) is 13.8 Å². The topological polar surface area (TPSA) is 58.6 Å². The Morgan fingerprint density at radius 3 is 2.50 bits per heavy atom. The number of ether oxygens (including phenoxy) is 1. The SMILES string of the molecule is Cc1cccc(C)c1NC(=O)C1COC(=O)N1C. The maximum Gasteiger partial charge on any atom is 0.410 e. The van der Waals surface area contributed by atoms with Gasteiger partial charge in [0, 0.05) is 12.7 Å². The van der Waals surface area contributed by atoms with Crippen LogP contribution in [0.3, 0.4) is 0 Å². The van der Waals surface area contributed by atoms with Crippen LogP contribution in [0.4, 0.5) is 10.5 Å². The smallest absolute Gasteiger partial charge is 0.410 e. The molecule has 1 fully saturated rings. The van der Waals surface area contributed by atoms with Gasteiger partial charge in [0.15, 0.2) is 0 Å². The van der Waals surface area contributed by atoms with Crippen LogP contribution >= 0.6 is 0 Å². The molecule has 0 saturated carbocycles. The van der Waals surface area contributed by atoms with Crippen LogP contribution in [0.2, 0.25) is 0 Å². The first kappa shape index (κ1) is 12.4. The molecular weight excluding hydrogens is 232 g/mol. The molecule has 1 aromatic carbocycles. The summed E-state index contributed by atoms with van der Waals surface area (Å²) >= 11 is 0. The second-order valence-electron chi connectivity index (χ2n) is 4.46. The maximum atomic E-state index is 12.1. The van der Waals surface area contributed by atoms with Crippen molar-refractivity contribution < 1.29 is 14.3 Å². The van der Waals surface area contributed by atoms with Crippen molar-refractivity contribution in [3.8, 4) is 0 Å². The molecule has 1 atom stereocenters. The van der Waals surface area contributed by atoms with Crippen molar-refractivity contribution in [2.24, 2.45) is 0 Å². The Morgan fingerprint density at radius 2 is 2.00 bits per heavy atom. The molecule has 18 heavy (non-hydrogen) atoms. The van der Waals surface area contributed by atoms with Crippen LogP contribution < -0.4 is 5.32 Å². The highest BCUT2D eigenvalue weighted by molar-refractivity contribution is 5.98. The van der Waals surface area contributed by atoms with Crippen LogP contribution in [0.25, 0.3) is 0 Å². The molecule has 96 valence electrons. The molecule has 5 heteroatoms. The van der Waals surface area contributed by atoms with E-state index >= 15 is 0 Å². The van der Waals surface area contributed by atoms with Gasteiger partial charge in [-0.2, -0.15) is 0 Å². The van der Waals surface area contributed by atoms with Gasteiger partial charge in [-0.25, -0.2) is 4.79 Å². The number of amides is 2. The number of cyclic esters (lactones) is 1. The summed E-state index contributed by atoms with van der Waals surface area (Å²) in [6, 6.07) is 5.25. The Kier molecular flexibility index (Phi) is 3.23. The number of hydrogen-bond donors (Lipinski definition) is 1. The lowest BCUT2D eigenvalue weighted by Crippen LogP contribution is -2.40. The first-order chi connectivity index (χ1) is 8.50. The first-order valence-corrected chi connectivity index (χ1v) is 5.77. The minimum atomic E-state index is -0.559. The Bertz CT molecular complexity index is 479. The molecule has 1 unspecified atom stereocenters. The number of nitrogens with zero attached hydrogens (tertiary/aromatic N) is 1. The average Bonchev–Trinajstić information content (AvgIpc) is 2.65. The lowest BCUT2D eigenvalue weighted by Gasteiger charge is -2.17. The fraction of sp³-hybridized carbons (Fsp3) is 0.385. The lowest BCUT2D eigenvalue weighted by atomic mass is 10.1. The second-order valence-corrected chi connectivity index (χ2v) is 4.46. The van der Waals surface area contributed by atoms with Gasteiger partial charge in [0.1, 0.15) is 12.6 Å². The zero-order chi connectivity index (χ0) is 13.3. The van der Waals surface area contributed by atoms with Crippen molar-refractivity contribution in [2.75, 3.05) is 19.0 Å². The summed E-state index contributed by atoms with van der Waals surface area (Å²) < 4.78 is 4.82. The highest BCUT2D eigenvalue weighted by atomic mass is 16.6. The van der Waals surface area contributed by atoms with Gasteiger partial charge in [-0.3, -0.25) is 9.69 Å². The molecule has 2 amide bonds. The fourth-order valence-corrected chi connectivity index (χ4v) is 1.96. The molecule has 1 N–H and O–H groups in total. The van der Waals surface area contributed by atoms with E-state index in [1.165, 1.54) is 4.90 Å². The number of carbonyl (C=O) groups is 2. The standard InChI is InChI=1S/C13H16N2O3/c1-8-5-4-6-9(2)11(8)14-12(16)10-7-18-13(17)15(10)3/h4-6,10H,7H2,1-3H3,(H,14,16). The van der Waals surface area contributed by atoms with Crippen LogP contribution in [0.15, 0.2) is 18.2 Å². The summed E-state index contributed by atoms with van der Waals surface area (Å²) in [5, 5.41) is 2.86. The summed E-state index contributed by atoms with van der Waals surface area (Å²) in [6.45, 7) is 3.97. The molecule has 1 aromatic rings. The number of carbonyl (C=O) groups excluding carboxylic acids is 2.